The summed E-state index contributed by atoms with van der Waals surface area (Å²) in [6.45, 7) is 2.56. The fraction of sp³-hybridized carbons (Fsp3) is 0.636. The van der Waals surface area contributed by atoms with Crippen LogP contribution in [0.25, 0.3) is 0 Å². The molecule has 0 saturated heterocycles. The molecule has 21 heavy (non-hydrogen) atoms. The summed E-state index contributed by atoms with van der Waals surface area (Å²) < 4.78 is 51.6. The topological polar surface area (TPSA) is 118 Å². The molecule has 1 heterocycles. The Morgan fingerprint density at radius 1 is 1.14 bits per heavy atom. The highest BCUT2D eigenvalue weighted by molar-refractivity contribution is 7.91. The summed E-state index contributed by atoms with van der Waals surface area (Å²) in [6.07, 6.45) is 1.04. The van der Waals surface area contributed by atoms with E-state index >= 15 is 0 Å². The molecule has 0 radical (unpaired) electrons. The Kier molecular flexibility index (Phi) is 7.24. The molecule has 0 spiro atoms. The van der Waals surface area contributed by atoms with Crippen LogP contribution < -0.4 is 15.2 Å². The Bertz CT molecular complexity index is 637. The average Bonchev–Trinajstić information content (AvgIpc) is 2.88. The second-order valence-electron chi connectivity index (χ2n) is 4.31. The summed E-state index contributed by atoms with van der Waals surface area (Å²) in [5, 5.41) is 0. The van der Waals surface area contributed by atoms with Gasteiger partial charge in [0, 0.05) is 18.0 Å². The van der Waals surface area contributed by atoms with E-state index in [1.807, 2.05) is 0 Å². The first-order chi connectivity index (χ1) is 9.80. The monoisotopic (exact) mass is 355 g/mol. The van der Waals surface area contributed by atoms with Gasteiger partial charge in [0.1, 0.15) is 4.21 Å². The Hall–Kier alpha value is -0.520. The Labute approximate surface area is 130 Å². The first-order valence-corrected chi connectivity index (χ1v) is 10.5. The summed E-state index contributed by atoms with van der Waals surface area (Å²) in [6, 6.07) is 3.22. The zero-order valence-electron chi connectivity index (χ0n) is 11.8. The summed E-state index contributed by atoms with van der Waals surface area (Å²) in [5.74, 6) is 0.0299. The molecular formula is C11H21N3O4S3. The maximum atomic E-state index is 11.9. The van der Waals surface area contributed by atoms with Crippen LogP contribution in [-0.4, -0.2) is 42.2 Å². The van der Waals surface area contributed by atoms with E-state index in [0.717, 1.165) is 16.2 Å². The van der Waals surface area contributed by atoms with Gasteiger partial charge in [0.05, 0.1) is 5.75 Å². The molecule has 0 aliphatic rings. The van der Waals surface area contributed by atoms with Crippen LogP contribution >= 0.6 is 11.3 Å². The molecule has 1 rings (SSSR count). The van der Waals surface area contributed by atoms with Gasteiger partial charge in [0.15, 0.2) is 0 Å². The Morgan fingerprint density at radius 2 is 1.86 bits per heavy atom. The smallest absolute Gasteiger partial charge is 0.250 e. The first kappa shape index (κ1) is 18.5. The minimum Gasteiger partial charge on any atom is -0.330 e. The van der Waals surface area contributed by atoms with Gasteiger partial charge >= 0.3 is 0 Å². The van der Waals surface area contributed by atoms with E-state index in [-0.39, 0.29) is 16.5 Å². The van der Waals surface area contributed by atoms with Crippen LogP contribution in [0.15, 0.2) is 16.3 Å². The van der Waals surface area contributed by atoms with Crippen LogP contribution in [0.2, 0.25) is 0 Å². The van der Waals surface area contributed by atoms with E-state index in [0.29, 0.717) is 25.9 Å². The van der Waals surface area contributed by atoms with Crippen molar-refractivity contribution in [2.75, 3.05) is 25.4 Å². The minimum absolute atomic E-state index is 0.0299. The van der Waals surface area contributed by atoms with Crippen molar-refractivity contribution >= 4 is 31.4 Å². The number of nitrogens with two attached hydrogens (primary N) is 1. The van der Waals surface area contributed by atoms with Gasteiger partial charge in [-0.1, -0.05) is 0 Å². The van der Waals surface area contributed by atoms with E-state index in [9.17, 15) is 16.8 Å². The van der Waals surface area contributed by atoms with Crippen LogP contribution in [0, 0.1) is 0 Å². The van der Waals surface area contributed by atoms with Crippen molar-refractivity contribution in [2.24, 2.45) is 5.73 Å². The van der Waals surface area contributed by atoms with Gasteiger partial charge in [-0.2, -0.15) is 0 Å². The van der Waals surface area contributed by atoms with Crippen LogP contribution in [0.4, 0.5) is 0 Å². The lowest BCUT2D eigenvalue weighted by molar-refractivity contribution is 0.580. The van der Waals surface area contributed by atoms with Gasteiger partial charge in [0.25, 0.3) is 0 Å². The molecule has 0 atom stereocenters. The number of sulfonamides is 2. The highest BCUT2D eigenvalue weighted by Gasteiger charge is 2.16. The zero-order chi connectivity index (χ0) is 15.9. The predicted molar refractivity (Wildman–Crippen MR) is 84.3 cm³/mol. The van der Waals surface area contributed by atoms with Crippen molar-refractivity contribution in [2.45, 2.75) is 24.0 Å². The molecule has 0 fully saturated rings. The number of hydrogen-bond acceptors (Lipinski definition) is 6. The van der Waals surface area contributed by atoms with Crippen LogP contribution in [0.3, 0.4) is 0 Å². The SMILES string of the molecule is CCS(=O)(=O)NCCc1ccc(S(=O)(=O)NCCCN)s1. The van der Waals surface area contributed by atoms with Crippen molar-refractivity contribution in [3.63, 3.8) is 0 Å². The summed E-state index contributed by atoms with van der Waals surface area (Å²) >= 11 is 1.14. The Balaban J connectivity index is 2.57. The van der Waals surface area contributed by atoms with E-state index in [1.165, 1.54) is 6.07 Å². The Morgan fingerprint density at radius 3 is 2.48 bits per heavy atom. The van der Waals surface area contributed by atoms with Crippen molar-refractivity contribution in [3.8, 4) is 0 Å². The van der Waals surface area contributed by atoms with Crippen LogP contribution in [0.1, 0.15) is 18.2 Å². The number of thiophene rings is 1. The number of nitrogens with one attached hydrogen (secondary N) is 2. The fourth-order valence-corrected chi connectivity index (χ4v) is 4.54. The lowest BCUT2D eigenvalue weighted by Crippen LogP contribution is -2.27. The third-order valence-electron chi connectivity index (χ3n) is 2.65. The van der Waals surface area contributed by atoms with Gasteiger partial charge in [-0.3, -0.25) is 0 Å². The van der Waals surface area contributed by atoms with Gasteiger partial charge in [-0.25, -0.2) is 26.3 Å². The third-order valence-corrected chi connectivity index (χ3v) is 7.15. The largest absolute Gasteiger partial charge is 0.330 e. The molecule has 0 bridgehead atoms. The number of hydrogen-bond donors (Lipinski definition) is 3. The van der Waals surface area contributed by atoms with Crippen molar-refractivity contribution in [1.82, 2.24) is 9.44 Å². The highest BCUT2D eigenvalue weighted by Crippen LogP contribution is 2.21. The van der Waals surface area contributed by atoms with Crippen LogP contribution in [0.5, 0.6) is 0 Å². The maximum absolute atomic E-state index is 11.9. The van der Waals surface area contributed by atoms with Gasteiger partial charge in [-0.15, -0.1) is 11.3 Å². The van der Waals surface area contributed by atoms with E-state index in [4.69, 9.17) is 5.73 Å². The molecule has 122 valence electrons. The predicted octanol–water partition coefficient (Wildman–Crippen LogP) is -0.143. The molecule has 0 aliphatic heterocycles. The molecule has 0 aromatic carbocycles. The van der Waals surface area contributed by atoms with E-state index in [2.05, 4.69) is 9.44 Å². The first-order valence-electron chi connectivity index (χ1n) is 6.56. The lowest BCUT2D eigenvalue weighted by atomic mass is 10.3. The van der Waals surface area contributed by atoms with Gasteiger partial charge in [-0.05, 0) is 38.4 Å². The van der Waals surface area contributed by atoms with Crippen molar-refractivity contribution in [1.29, 1.82) is 0 Å². The van der Waals surface area contributed by atoms with E-state index < -0.39 is 20.0 Å². The molecule has 1 aromatic heterocycles. The van der Waals surface area contributed by atoms with E-state index in [1.54, 1.807) is 13.0 Å². The van der Waals surface area contributed by atoms with Crippen LogP contribution in [-0.2, 0) is 26.5 Å². The quantitative estimate of drug-likeness (QED) is 0.505. The molecule has 0 saturated carbocycles. The molecule has 10 heteroatoms. The van der Waals surface area contributed by atoms with Crippen molar-refractivity contribution < 1.29 is 16.8 Å². The van der Waals surface area contributed by atoms with Crippen molar-refractivity contribution in [3.05, 3.63) is 17.0 Å². The van der Waals surface area contributed by atoms with Gasteiger partial charge in [0.2, 0.25) is 20.0 Å². The maximum Gasteiger partial charge on any atom is 0.250 e. The lowest BCUT2D eigenvalue weighted by Gasteiger charge is -2.03. The summed E-state index contributed by atoms with van der Waals surface area (Å²) in [4.78, 5) is 0.813. The molecule has 0 amide bonds. The number of rotatable bonds is 10. The summed E-state index contributed by atoms with van der Waals surface area (Å²) in [7, 11) is -6.71. The average molecular weight is 356 g/mol. The second-order valence-corrected chi connectivity index (χ2v) is 9.57. The molecule has 0 aliphatic carbocycles. The molecule has 1 aromatic rings. The molecular weight excluding hydrogens is 334 g/mol. The van der Waals surface area contributed by atoms with Gasteiger partial charge < -0.3 is 5.73 Å². The normalized spacial score (nSPS) is 12.7. The highest BCUT2D eigenvalue weighted by atomic mass is 32.2. The standard InChI is InChI=1S/C11H21N3O4S3/c1-2-20(15,16)13-9-6-10-4-5-11(19-10)21(17,18)14-8-3-7-12/h4-5,13-14H,2-3,6-9,12H2,1H3. The molecule has 4 N–H and O–H groups in total. The summed E-state index contributed by atoms with van der Waals surface area (Å²) in [5.41, 5.74) is 5.31. The fourth-order valence-electron chi connectivity index (χ4n) is 1.45. The second kappa shape index (κ2) is 8.20. The zero-order valence-corrected chi connectivity index (χ0v) is 14.3. The minimum atomic E-state index is -3.50. The molecule has 7 nitrogen and oxygen atoms in total. The molecule has 0 unspecified atom stereocenters. The third kappa shape index (κ3) is 6.41.